The normalized spacial score (nSPS) is 19.0. The third kappa shape index (κ3) is 4.79. The van der Waals surface area contributed by atoms with Crippen molar-refractivity contribution in [1.29, 1.82) is 0 Å². The van der Waals surface area contributed by atoms with Gasteiger partial charge in [0.25, 0.3) is 0 Å². The fraction of sp³-hybridized carbons (Fsp3) is 0.286. The first-order valence-electron chi connectivity index (χ1n) is 7.24. The number of nitrogens with one attached hydrogen (secondary N) is 3. The summed E-state index contributed by atoms with van der Waals surface area (Å²) in [7, 11) is -3.62. The molecular weight excluding hydrogens is 434 g/mol. The Balaban J connectivity index is 0.00000225. The molecule has 3 rings (SSSR count). The van der Waals surface area contributed by atoms with Gasteiger partial charge >= 0.3 is 0 Å². The first-order valence-corrected chi connectivity index (χ1v) is 9.52. The van der Waals surface area contributed by atoms with E-state index in [4.69, 9.17) is 0 Å². The molecule has 0 aliphatic carbocycles. The zero-order chi connectivity index (χ0) is 17.2. The quantitative estimate of drug-likeness (QED) is 0.524. The minimum atomic E-state index is -3.62. The Labute approximate surface area is 160 Å². The zero-order valence-electron chi connectivity index (χ0n) is 12.9. The Morgan fingerprint density at radius 3 is 2.92 bits per heavy atom. The van der Waals surface area contributed by atoms with E-state index in [2.05, 4.69) is 41.3 Å². The molecule has 4 N–H and O–H groups in total. The summed E-state index contributed by atoms with van der Waals surface area (Å²) in [6.07, 6.45) is 1.99. The van der Waals surface area contributed by atoms with Crippen LogP contribution in [0.15, 0.2) is 39.8 Å². The summed E-state index contributed by atoms with van der Waals surface area (Å²) in [5.74, 6) is 0.837. The molecule has 1 atom stereocenters. The molecule has 0 saturated heterocycles. The van der Waals surface area contributed by atoms with Crippen LogP contribution in [0.2, 0.25) is 0 Å². The van der Waals surface area contributed by atoms with Gasteiger partial charge in [0.15, 0.2) is 0 Å². The molecular formula is C14H17BrClN5O3S. The van der Waals surface area contributed by atoms with Crippen LogP contribution in [0.25, 0.3) is 0 Å². The molecule has 1 aliphatic rings. The Kier molecular flexibility index (Phi) is 6.58. The number of nitrogens with zero attached hydrogens (tertiary/aromatic N) is 2. The van der Waals surface area contributed by atoms with E-state index in [1.165, 1.54) is 12.1 Å². The highest BCUT2D eigenvalue weighted by Gasteiger charge is 2.18. The van der Waals surface area contributed by atoms with Gasteiger partial charge in [-0.3, -0.25) is 0 Å². The first-order chi connectivity index (χ1) is 11.5. The molecule has 8 nitrogen and oxygen atoms in total. The number of aliphatic hydroxyl groups excluding tert-OH is 1. The first kappa shape index (κ1) is 19.9. The highest BCUT2D eigenvalue weighted by atomic mass is 79.9. The SMILES string of the molecule is Cl.O=S1(=O)NCCC(CO)Nc2nc(ncc2Br)Nc2cccc1c2. The Morgan fingerprint density at radius 2 is 2.16 bits per heavy atom. The van der Waals surface area contributed by atoms with Gasteiger partial charge in [0.2, 0.25) is 16.0 Å². The van der Waals surface area contributed by atoms with Gasteiger partial charge in [0.1, 0.15) is 5.82 Å². The van der Waals surface area contributed by atoms with Gasteiger partial charge in [-0.2, -0.15) is 4.98 Å². The van der Waals surface area contributed by atoms with Gasteiger partial charge in [-0.15, -0.1) is 12.4 Å². The summed E-state index contributed by atoms with van der Waals surface area (Å²) in [4.78, 5) is 8.68. The van der Waals surface area contributed by atoms with Crippen LogP contribution >= 0.6 is 28.3 Å². The average molecular weight is 451 g/mol. The van der Waals surface area contributed by atoms with Crippen molar-refractivity contribution in [2.24, 2.45) is 0 Å². The lowest BCUT2D eigenvalue weighted by atomic mass is 10.2. The predicted octanol–water partition coefficient (Wildman–Crippen LogP) is 1.86. The Morgan fingerprint density at radius 1 is 1.36 bits per heavy atom. The largest absolute Gasteiger partial charge is 0.394 e. The Hall–Kier alpha value is -1.46. The summed E-state index contributed by atoms with van der Waals surface area (Å²) in [6, 6.07) is 6.06. The van der Waals surface area contributed by atoms with Gasteiger partial charge in [-0.25, -0.2) is 18.1 Å². The molecule has 0 radical (unpaired) electrons. The molecule has 25 heavy (non-hydrogen) atoms. The van der Waals surface area contributed by atoms with Crippen LogP contribution in [0.4, 0.5) is 17.5 Å². The number of sulfonamides is 1. The standard InChI is InChI=1S/C14H16BrN5O3S.ClH/c15-12-7-16-14-19-9-2-1-3-11(6-9)24(22,23)17-5-4-10(8-21)18-13(12)20-14;/h1-3,6-7,10,17,21H,4-5,8H2,(H2,16,18,19,20);1H. The minimum absolute atomic E-state index is 0. The number of hydrogen-bond donors (Lipinski definition) is 4. The number of anilines is 3. The van der Waals surface area contributed by atoms with Crippen LogP contribution < -0.4 is 15.4 Å². The summed E-state index contributed by atoms with van der Waals surface area (Å²) in [5.41, 5.74) is 0.559. The van der Waals surface area contributed by atoms with Crippen molar-refractivity contribution in [3.63, 3.8) is 0 Å². The molecule has 2 heterocycles. The number of aliphatic hydroxyl groups is 1. The van der Waals surface area contributed by atoms with Crippen LogP contribution in [0, 0.1) is 0 Å². The van der Waals surface area contributed by atoms with E-state index in [9.17, 15) is 13.5 Å². The molecule has 0 saturated carbocycles. The lowest BCUT2D eigenvalue weighted by Crippen LogP contribution is -2.32. The topological polar surface area (TPSA) is 116 Å². The van der Waals surface area contributed by atoms with Gasteiger partial charge in [0, 0.05) is 18.4 Å². The summed E-state index contributed by atoms with van der Waals surface area (Å²) >= 11 is 3.36. The van der Waals surface area contributed by atoms with Crippen molar-refractivity contribution >= 4 is 55.8 Å². The smallest absolute Gasteiger partial charge is 0.240 e. The predicted molar refractivity (Wildman–Crippen MR) is 101 cm³/mol. The number of aromatic nitrogens is 2. The number of fused-ring (bicyclic) bond motifs is 4. The van der Waals surface area contributed by atoms with Crippen molar-refractivity contribution in [2.45, 2.75) is 17.4 Å². The monoisotopic (exact) mass is 449 g/mol. The minimum Gasteiger partial charge on any atom is -0.394 e. The van der Waals surface area contributed by atoms with Gasteiger partial charge in [-0.05, 0) is 40.5 Å². The van der Waals surface area contributed by atoms with Gasteiger partial charge in [-0.1, -0.05) is 6.07 Å². The van der Waals surface area contributed by atoms with Crippen molar-refractivity contribution < 1.29 is 13.5 Å². The molecule has 0 amide bonds. The van der Waals surface area contributed by atoms with E-state index in [-0.39, 0.29) is 36.5 Å². The van der Waals surface area contributed by atoms with Crippen molar-refractivity contribution in [3.05, 3.63) is 34.9 Å². The number of halogens is 2. The molecule has 1 aromatic carbocycles. The molecule has 0 fully saturated rings. The second-order valence-electron chi connectivity index (χ2n) is 5.25. The maximum atomic E-state index is 12.3. The third-order valence-electron chi connectivity index (χ3n) is 3.49. The molecule has 0 spiro atoms. The third-order valence-corrected chi connectivity index (χ3v) is 5.53. The summed E-state index contributed by atoms with van der Waals surface area (Å²) < 4.78 is 27.9. The van der Waals surface area contributed by atoms with E-state index >= 15 is 0 Å². The second kappa shape index (κ2) is 8.28. The van der Waals surface area contributed by atoms with E-state index in [1.54, 1.807) is 18.3 Å². The van der Waals surface area contributed by atoms with Crippen LogP contribution in [0.1, 0.15) is 6.42 Å². The lowest BCUT2D eigenvalue weighted by molar-refractivity contribution is 0.269. The maximum Gasteiger partial charge on any atom is 0.240 e. The highest BCUT2D eigenvalue weighted by Crippen LogP contribution is 2.24. The van der Waals surface area contributed by atoms with Gasteiger partial charge in [0.05, 0.1) is 22.0 Å². The van der Waals surface area contributed by atoms with Crippen molar-refractivity contribution in [2.75, 3.05) is 23.8 Å². The fourth-order valence-electron chi connectivity index (χ4n) is 2.25. The summed E-state index contributed by atoms with van der Waals surface area (Å²) in [6.45, 7) is 0.0302. The number of rotatable bonds is 1. The fourth-order valence-corrected chi connectivity index (χ4v) is 3.65. The van der Waals surface area contributed by atoms with E-state index in [1.807, 2.05) is 0 Å². The molecule has 136 valence electrons. The van der Waals surface area contributed by atoms with E-state index < -0.39 is 10.0 Å². The zero-order valence-corrected chi connectivity index (χ0v) is 16.2. The van der Waals surface area contributed by atoms with Crippen molar-refractivity contribution in [1.82, 2.24) is 14.7 Å². The van der Waals surface area contributed by atoms with E-state index in [0.717, 1.165) is 0 Å². The van der Waals surface area contributed by atoms with Crippen LogP contribution in [0.3, 0.4) is 0 Å². The molecule has 4 bridgehead atoms. The van der Waals surface area contributed by atoms with Gasteiger partial charge < -0.3 is 15.7 Å². The lowest BCUT2D eigenvalue weighted by Gasteiger charge is -2.18. The highest BCUT2D eigenvalue weighted by molar-refractivity contribution is 9.10. The number of benzene rings is 1. The van der Waals surface area contributed by atoms with Crippen molar-refractivity contribution in [3.8, 4) is 0 Å². The van der Waals surface area contributed by atoms with Crippen LogP contribution in [0.5, 0.6) is 0 Å². The maximum absolute atomic E-state index is 12.3. The van der Waals surface area contributed by atoms with E-state index in [0.29, 0.717) is 28.3 Å². The number of hydrogen-bond acceptors (Lipinski definition) is 7. The molecule has 2 aromatic rings. The Bertz CT molecular complexity index is 852. The molecule has 1 unspecified atom stereocenters. The van der Waals surface area contributed by atoms with Crippen LogP contribution in [-0.2, 0) is 10.0 Å². The molecule has 1 aromatic heterocycles. The second-order valence-corrected chi connectivity index (χ2v) is 7.87. The summed E-state index contributed by atoms with van der Waals surface area (Å²) in [5, 5.41) is 15.6. The molecule has 1 aliphatic heterocycles. The van der Waals surface area contributed by atoms with Crippen LogP contribution in [-0.4, -0.2) is 42.7 Å². The molecule has 11 heteroatoms. The average Bonchev–Trinajstić information content (AvgIpc) is 2.56.